The maximum Gasteiger partial charge on any atom is 0.407 e. The lowest BCUT2D eigenvalue weighted by atomic mass is 10.0. The minimum absolute atomic E-state index is 0.159. The minimum Gasteiger partial charge on any atom is -0.445 e. The summed E-state index contributed by atoms with van der Waals surface area (Å²) in [4.78, 5) is 11.6. The van der Waals surface area contributed by atoms with E-state index in [1.54, 1.807) is 12.1 Å². The zero-order chi connectivity index (χ0) is 18.2. The Hall–Kier alpha value is -2.77. The van der Waals surface area contributed by atoms with Gasteiger partial charge in [0.15, 0.2) is 0 Å². The van der Waals surface area contributed by atoms with E-state index in [9.17, 15) is 15.0 Å². The summed E-state index contributed by atoms with van der Waals surface area (Å²) < 4.78 is 5.06. The molecule has 0 aliphatic rings. The largest absolute Gasteiger partial charge is 0.445 e. The van der Waals surface area contributed by atoms with Crippen LogP contribution >= 0.6 is 0 Å². The lowest BCUT2D eigenvalue weighted by Gasteiger charge is -2.19. The highest BCUT2D eigenvalue weighted by molar-refractivity contribution is 5.67. The van der Waals surface area contributed by atoms with Crippen LogP contribution in [0.1, 0.15) is 23.7 Å². The van der Waals surface area contributed by atoms with Crippen molar-refractivity contribution < 1.29 is 19.7 Å². The summed E-state index contributed by atoms with van der Waals surface area (Å²) in [5, 5.41) is 22.7. The number of amides is 1. The van der Waals surface area contributed by atoms with Gasteiger partial charge in [0.1, 0.15) is 12.7 Å². The highest BCUT2D eigenvalue weighted by atomic mass is 16.5. The van der Waals surface area contributed by atoms with Crippen molar-refractivity contribution >= 4 is 17.5 Å². The number of nitrogen functional groups attached to an aromatic ring is 2. The number of rotatable bonds is 7. The second kappa shape index (κ2) is 8.91. The van der Waals surface area contributed by atoms with E-state index >= 15 is 0 Å². The van der Waals surface area contributed by atoms with Gasteiger partial charge in [0, 0.05) is 6.54 Å². The molecule has 2 aromatic carbocycles. The molecule has 1 amide bonds. The molecule has 0 fully saturated rings. The molecule has 25 heavy (non-hydrogen) atoms. The topological polar surface area (TPSA) is 131 Å². The van der Waals surface area contributed by atoms with Crippen LogP contribution in [0.4, 0.5) is 16.2 Å². The van der Waals surface area contributed by atoms with Gasteiger partial charge in [-0.25, -0.2) is 4.79 Å². The smallest absolute Gasteiger partial charge is 0.407 e. The molecule has 7 N–H and O–H groups in total. The summed E-state index contributed by atoms with van der Waals surface area (Å²) in [6.45, 7) is 0.332. The molecule has 0 saturated heterocycles. The maximum absolute atomic E-state index is 11.6. The van der Waals surface area contributed by atoms with Crippen LogP contribution in [-0.2, 0) is 11.3 Å². The monoisotopic (exact) mass is 345 g/mol. The molecule has 0 aliphatic heterocycles. The second-order valence-electron chi connectivity index (χ2n) is 5.68. The number of alkyl carbamates (subject to hydrolysis) is 1. The first-order valence-corrected chi connectivity index (χ1v) is 7.93. The first-order chi connectivity index (χ1) is 12.0. The summed E-state index contributed by atoms with van der Waals surface area (Å²) in [5.74, 6) is 0. The number of carbonyl (C=O) groups excluding carboxylic acids is 1. The van der Waals surface area contributed by atoms with Gasteiger partial charge in [0.25, 0.3) is 0 Å². The molecule has 0 spiro atoms. The average molecular weight is 345 g/mol. The van der Waals surface area contributed by atoms with Crippen LogP contribution in [0.5, 0.6) is 0 Å². The van der Waals surface area contributed by atoms with E-state index in [0.717, 1.165) is 5.56 Å². The van der Waals surface area contributed by atoms with Crippen molar-refractivity contribution in [3.05, 3.63) is 59.7 Å². The van der Waals surface area contributed by atoms with Crippen molar-refractivity contribution in [3.63, 3.8) is 0 Å². The number of carbonyl (C=O) groups is 1. The lowest BCUT2D eigenvalue weighted by molar-refractivity contribution is 0.0137. The van der Waals surface area contributed by atoms with Crippen LogP contribution in [0, 0.1) is 0 Å². The van der Waals surface area contributed by atoms with Crippen molar-refractivity contribution in [1.29, 1.82) is 0 Å². The third kappa shape index (κ3) is 5.66. The number of benzene rings is 2. The van der Waals surface area contributed by atoms with Gasteiger partial charge in [-0.1, -0.05) is 36.4 Å². The number of hydrogen-bond donors (Lipinski definition) is 5. The zero-order valence-corrected chi connectivity index (χ0v) is 13.8. The molecule has 0 heterocycles. The SMILES string of the molecule is Nc1ccc(C(O)C(O)CCNC(=O)OCc2ccccc2)cc1N. The van der Waals surface area contributed by atoms with Crippen LogP contribution in [0.15, 0.2) is 48.5 Å². The molecule has 0 aromatic heterocycles. The van der Waals surface area contributed by atoms with E-state index < -0.39 is 18.3 Å². The predicted octanol–water partition coefficient (Wildman–Crippen LogP) is 1.56. The first kappa shape index (κ1) is 18.6. The molecule has 7 heteroatoms. The molecule has 134 valence electrons. The fourth-order valence-electron chi connectivity index (χ4n) is 2.25. The molecule has 2 aromatic rings. The number of anilines is 2. The number of ether oxygens (including phenoxy) is 1. The highest BCUT2D eigenvalue weighted by Crippen LogP contribution is 2.24. The van der Waals surface area contributed by atoms with E-state index in [1.807, 2.05) is 30.3 Å². The fourth-order valence-corrected chi connectivity index (χ4v) is 2.25. The van der Waals surface area contributed by atoms with Crippen molar-refractivity contribution in [2.24, 2.45) is 0 Å². The van der Waals surface area contributed by atoms with Gasteiger partial charge in [0.2, 0.25) is 0 Å². The normalized spacial score (nSPS) is 13.0. The van der Waals surface area contributed by atoms with E-state index in [2.05, 4.69) is 5.32 Å². The molecule has 2 rings (SSSR count). The third-order valence-electron chi connectivity index (χ3n) is 3.74. The van der Waals surface area contributed by atoms with Crippen LogP contribution in [-0.4, -0.2) is 29.0 Å². The minimum atomic E-state index is -1.12. The van der Waals surface area contributed by atoms with Gasteiger partial charge in [-0.2, -0.15) is 0 Å². The predicted molar refractivity (Wildman–Crippen MR) is 95.5 cm³/mol. The zero-order valence-electron chi connectivity index (χ0n) is 13.8. The molecule has 0 saturated carbocycles. The van der Waals surface area contributed by atoms with E-state index in [4.69, 9.17) is 16.2 Å². The van der Waals surface area contributed by atoms with Crippen molar-refractivity contribution in [3.8, 4) is 0 Å². The summed E-state index contributed by atoms with van der Waals surface area (Å²) >= 11 is 0. The van der Waals surface area contributed by atoms with Crippen LogP contribution in [0.3, 0.4) is 0 Å². The molecule has 0 aliphatic carbocycles. The van der Waals surface area contributed by atoms with Gasteiger partial charge in [-0.3, -0.25) is 0 Å². The van der Waals surface area contributed by atoms with E-state index in [0.29, 0.717) is 16.9 Å². The third-order valence-corrected chi connectivity index (χ3v) is 3.74. The maximum atomic E-state index is 11.6. The Bertz CT molecular complexity index is 694. The van der Waals surface area contributed by atoms with Gasteiger partial charge in [-0.05, 0) is 29.7 Å². The molecular formula is C18H23N3O4. The number of aliphatic hydroxyl groups is 2. The summed E-state index contributed by atoms with van der Waals surface area (Å²) in [5.41, 5.74) is 13.4. The van der Waals surface area contributed by atoms with Crippen molar-refractivity contribution in [2.75, 3.05) is 18.0 Å². The summed E-state index contributed by atoms with van der Waals surface area (Å²) in [7, 11) is 0. The standard InChI is InChI=1S/C18H23N3O4/c19-14-7-6-13(10-15(14)20)17(23)16(22)8-9-21-18(24)25-11-12-4-2-1-3-5-12/h1-7,10,16-17,22-23H,8-9,11,19-20H2,(H,21,24). The number of nitrogens with two attached hydrogens (primary N) is 2. The Balaban J connectivity index is 1.72. The Labute approximate surface area is 146 Å². The van der Waals surface area contributed by atoms with E-state index in [-0.39, 0.29) is 19.6 Å². The summed E-state index contributed by atoms with van der Waals surface area (Å²) in [6, 6.07) is 14.0. The average Bonchev–Trinajstić information content (AvgIpc) is 2.62. The molecular weight excluding hydrogens is 322 g/mol. The Morgan fingerprint density at radius 2 is 1.80 bits per heavy atom. The quantitative estimate of drug-likeness (QED) is 0.484. The van der Waals surface area contributed by atoms with Gasteiger partial charge in [-0.15, -0.1) is 0 Å². The fraction of sp³-hybridized carbons (Fsp3) is 0.278. The molecule has 2 unspecified atom stereocenters. The Kier molecular flexibility index (Phi) is 6.62. The number of hydrogen-bond acceptors (Lipinski definition) is 6. The van der Waals surface area contributed by atoms with Crippen LogP contribution < -0.4 is 16.8 Å². The molecule has 7 nitrogen and oxygen atoms in total. The van der Waals surface area contributed by atoms with E-state index in [1.165, 1.54) is 6.07 Å². The van der Waals surface area contributed by atoms with Crippen molar-refractivity contribution in [1.82, 2.24) is 5.32 Å². The van der Waals surface area contributed by atoms with Gasteiger partial charge < -0.3 is 31.7 Å². The number of aliphatic hydroxyl groups excluding tert-OH is 2. The number of nitrogens with one attached hydrogen (secondary N) is 1. The van der Waals surface area contributed by atoms with Crippen LogP contribution in [0.25, 0.3) is 0 Å². The van der Waals surface area contributed by atoms with Crippen molar-refractivity contribution in [2.45, 2.75) is 25.2 Å². The lowest BCUT2D eigenvalue weighted by Crippen LogP contribution is -2.29. The first-order valence-electron chi connectivity index (χ1n) is 7.93. The molecule has 0 bridgehead atoms. The molecule has 0 radical (unpaired) electrons. The van der Waals surface area contributed by atoms with Gasteiger partial charge in [0.05, 0.1) is 17.5 Å². The summed E-state index contributed by atoms with van der Waals surface area (Å²) in [6.07, 6.45) is -2.60. The van der Waals surface area contributed by atoms with Gasteiger partial charge >= 0.3 is 6.09 Å². The Morgan fingerprint density at radius 3 is 2.48 bits per heavy atom. The highest BCUT2D eigenvalue weighted by Gasteiger charge is 2.19. The second-order valence-corrected chi connectivity index (χ2v) is 5.68. The molecule has 2 atom stereocenters. The Morgan fingerprint density at radius 1 is 1.08 bits per heavy atom. The van der Waals surface area contributed by atoms with Crippen LogP contribution in [0.2, 0.25) is 0 Å².